The summed E-state index contributed by atoms with van der Waals surface area (Å²) in [4.78, 5) is 15.9. The van der Waals surface area contributed by atoms with E-state index < -0.39 is 5.97 Å². The van der Waals surface area contributed by atoms with Crippen molar-refractivity contribution in [2.45, 2.75) is 20.3 Å². The number of nitrogens with two attached hydrogens (primary N) is 1. The van der Waals surface area contributed by atoms with Crippen LogP contribution in [0.5, 0.6) is 5.75 Å². The minimum Gasteiger partial charge on any atom is -0.491 e. The quantitative estimate of drug-likeness (QED) is 0.654. The highest BCUT2D eigenvalue weighted by Gasteiger charge is 2.13. The van der Waals surface area contributed by atoms with E-state index in [0.29, 0.717) is 30.3 Å². The molecule has 1 aromatic carbocycles. The second-order valence-electron chi connectivity index (χ2n) is 4.36. The number of carbonyl (C=O) groups excluding carboxylic acids is 1. The Bertz CT molecular complexity index is 625. The Morgan fingerprint density at radius 3 is 2.86 bits per heavy atom. The molecule has 0 aliphatic carbocycles. The predicted octanol–water partition coefficient (Wildman–Crippen LogP) is 3.36. The van der Waals surface area contributed by atoms with Gasteiger partial charge in [0.2, 0.25) is 0 Å². The van der Waals surface area contributed by atoms with Crippen molar-refractivity contribution in [2.24, 2.45) is 0 Å². The van der Waals surface area contributed by atoms with Gasteiger partial charge in [0.25, 0.3) is 0 Å². The average Bonchev–Trinajstić information content (AvgIpc) is 2.96. The second-order valence-corrected chi connectivity index (χ2v) is 5.22. The molecule has 2 N–H and O–H groups in total. The van der Waals surface area contributed by atoms with Crippen LogP contribution >= 0.6 is 11.3 Å². The van der Waals surface area contributed by atoms with E-state index in [-0.39, 0.29) is 0 Å². The lowest BCUT2D eigenvalue weighted by molar-refractivity contribution is 0.0520. The van der Waals surface area contributed by atoms with E-state index >= 15 is 0 Å². The van der Waals surface area contributed by atoms with Gasteiger partial charge < -0.3 is 15.2 Å². The number of hydrogen-bond donors (Lipinski definition) is 1. The number of ether oxygens (including phenoxy) is 2. The first-order chi connectivity index (χ1) is 10.2. The summed E-state index contributed by atoms with van der Waals surface area (Å²) in [6.07, 6.45) is 0.927. The number of thiazole rings is 1. The molecular formula is C15H18N2O3S. The minimum atomic E-state index is -0.407. The Hall–Kier alpha value is -2.08. The van der Waals surface area contributed by atoms with Crippen LogP contribution in [0.1, 0.15) is 30.8 Å². The van der Waals surface area contributed by atoms with Gasteiger partial charge >= 0.3 is 5.97 Å². The zero-order valence-corrected chi connectivity index (χ0v) is 12.9. The summed E-state index contributed by atoms with van der Waals surface area (Å²) in [5, 5.41) is 2.41. The van der Waals surface area contributed by atoms with E-state index in [0.717, 1.165) is 17.0 Å². The van der Waals surface area contributed by atoms with Crippen LogP contribution < -0.4 is 10.5 Å². The van der Waals surface area contributed by atoms with Crippen molar-refractivity contribution in [2.75, 3.05) is 18.9 Å². The maximum atomic E-state index is 11.6. The van der Waals surface area contributed by atoms with Gasteiger partial charge in [-0.25, -0.2) is 9.78 Å². The molecule has 0 bridgehead atoms. The SMILES string of the molecule is CCCOc1ccc(-c2nc(C(=O)OCC)cs2)cc1N. The third-order valence-corrected chi connectivity index (χ3v) is 3.60. The van der Waals surface area contributed by atoms with E-state index in [4.69, 9.17) is 15.2 Å². The smallest absolute Gasteiger partial charge is 0.357 e. The van der Waals surface area contributed by atoms with Gasteiger partial charge in [0, 0.05) is 10.9 Å². The summed E-state index contributed by atoms with van der Waals surface area (Å²) in [5.74, 6) is 0.263. The second kappa shape index (κ2) is 7.08. The van der Waals surface area contributed by atoms with Gasteiger partial charge in [-0.3, -0.25) is 0 Å². The highest BCUT2D eigenvalue weighted by molar-refractivity contribution is 7.13. The normalized spacial score (nSPS) is 10.4. The van der Waals surface area contributed by atoms with Crippen molar-refractivity contribution in [3.8, 4) is 16.3 Å². The number of carbonyl (C=O) groups is 1. The Morgan fingerprint density at radius 2 is 2.19 bits per heavy atom. The van der Waals surface area contributed by atoms with Gasteiger partial charge in [0.15, 0.2) is 5.69 Å². The fourth-order valence-electron chi connectivity index (χ4n) is 1.73. The molecule has 0 saturated carbocycles. The third kappa shape index (κ3) is 3.72. The highest BCUT2D eigenvalue weighted by atomic mass is 32.1. The molecule has 0 fully saturated rings. The third-order valence-electron chi connectivity index (χ3n) is 2.71. The van der Waals surface area contributed by atoms with Gasteiger partial charge in [-0.1, -0.05) is 6.92 Å². The summed E-state index contributed by atoms with van der Waals surface area (Å²) in [6.45, 7) is 4.77. The Balaban J connectivity index is 2.19. The van der Waals surface area contributed by atoms with E-state index in [1.165, 1.54) is 11.3 Å². The molecule has 0 amide bonds. The number of aromatic nitrogens is 1. The van der Waals surface area contributed by atoms with Crippen molar-refractivity contribution >= 4 is 23.0 Å². The molecule has 2 aromatic rings. The number of rotatable bonds is 6. The summed E-state index contributed by atoms with van der Waals surface area (Å²) >= 11 is 1.38. The zero-order chi connectivity index (χ0) is 15.2. The molecule has 1 aromatic heterocycles. The van der Waals surface area contributed by atoms with Crippen LogP contribution in [0.3, 0.4) is 0 Å². The molecule has 21 heavy (non-hydrogen) atoms. The van der Waals surface area contributed by atoms with Crippen LogP contribution in [-0.4, -0.2) is 24.2 Å². The zero-order valence-electron chi connectivity index (χ0n) is 12.1. The molecule has 2 rings (SSSR count). The highest BCUT2D eigenvalue weighted by Crippen LogP contribution is 2.30. The van der Waals surface area contributed by atoms with Gasteiger partial charge in [-0.15, -0.1) is 11.3 Å². The van der Waals surface area contributed by atoms with Crippen LogP contribution in [0.15, 0.2) is 23.6 Å². The van der Waals surface area contributed by atoms with Crippen LogP contribution in [0.25, 0.3) is 10.6 Å². The van der Waals surface area contributed by atoms with E-state index in [9.17, 15) is 4.79 Å². The molecule has 0 unspecified atom stereocenters. The molecular weight excluding hydrogens is 288 g/mol. The fourth-order valence-corrected chi connectivity index (χ4v) is 2.52. The van der Waals surface area contributed by atoms with Crippen molar-refractivity contribution in [1.29, 1.82) is 0 Å². The van der Waals surface area contributed by atoms with Crippen molar-refractivity contribution in [1.82, 2.24) is 4.98 Å². The number of hydrogen-bond acceptors (Lipinski definition) is 6. The molecule has 5 nitrogen and oxygen atoms in total. The van der Waals surface area contributed by atoms with Gasteiger partial charge in [0.05, 0.1) is 18.9 Å². The van der Waals surface area contributed by atoms with E-state index in [1.807, 2.05) is 19.1 Å². The number of nitrogens with zero attached hydrogens (tertiary/aromatic N) is 1. The van der Waals surface area contributed by atoms with Crippen molar-refractivity contribution in [3.05, 3.63) is 29.3 Å². The first-order valence-corrected chi connectivity index (χ1v) is 7.69. The molecule has 0 aliphatic rings. The largest absolute Gasteiger partial charge is 0.491 e. The summed E-state index contributed by atoms with van der Waals surface area (Å²) in [7, 11) is 0. The molecule has 6 heteroatoms. The number of esters is 1. The topological polar surface area (TPSA) is 74.4 Å². The Labute approximate surface area is 127 Å². The molecule has 0 saturated heterocycles. The van der Waals surface area contributed by atoms with E-state index in [2.05, 4.69) is 4.98 Å². The van der Waals surface area contributed by atoms with Crippen LogP contribution in [-0.2, 0) is 4.74 Å². The molecule has 0 radical (unpaired) electrons. The van der Waals surface area contributed by atoms with Crippen LogP contribution in [0, 0.1) is 0 Å². The Morgan fingerprint density at radius 1 is 1.38 bits per heavy atom. The summed E-state index contributed by atoms with van der Waals surface area (Å²) in [6, 6.07) is 5.51. The lowest BCUT2D eigenvalue weighted by atomic mass is 10.2. The number of benzene rings is 1. The lowest BCUT2D eigenvalue weighted by Crippen LogP contribution is -2.04. The number of nitrogen functional groups attached to an aromatic ring is 1. The molecule has 0 aliphatic heterocycles. The Kier molecular flexibility index (Phi) is 5.16. The molecule has 1 heterocycles. The minimum absolute atomic E-state index is 0.321. The standard InChI is InChI=1S/C15H18N2O3S/c1-3-7-20-13-6-5-10(8-11(13)16)14-17-12(9-21-14)15(18)19-4-2/h5-6,8-9H,3-4,7,16H2,1-2H3. The first-order valence-electron chi connectivity index (χ1n) is 6.81. The van der Waals surface area contributed by atoms with E-state index in [1.54, 1.807) is 18.4 Å². The van der Waals surface area contributed by atoms with Crippen molar-refractivity contribution in [3.63, 3.8) is 0 Å². The lowest BCUT2D eigenvalue weighted by Gasteiger charge is -2.08. The predicted molar refractivity (Wildman–Crippen MR) is 83.7 cm³/mol. The van der Waals surface area contributed by atoms with Crippen LogP contribution in [0.4, 0.5) is 5.69 Å². The molecule has 0 spiro atoms. The summed E-state index contributed by atoms with van der Waals surface area (Å²) in [5.41, 5.74) is 7.72. The van der Waals surface area contributed by atoms with Crippen LogP contribution in [0.2, 0.25) is 0 Å². The monoisotopic (exact) mass is 306 g/mol. The van der Waals surface area contributed by atoms with Crippen molar-refractivity contribution < 1.29 is 14.3 Å². The van der Waals surface area contributed by atoms with Gasteiger partial charge in [0.1, 0.15) is 10.8 Å². The molecule has 0 atom stereocenters. The maximum Gasteiger partial charge on any atom is 0.357 e. The summed E-state index contributed by atoms with van der Waals surface area (Å²) < 4.78 is 10.5. The fraction of sp³-hybridized carbons (Fsp3) is 0.333. The van der Waals surface area contributed by atoms with Gasteiger partial charge in [-0.2, -0.15) is 0 Å². The average molecular weight is 306 g/mol. The van der Waals surface area contributed by atoms with Gasteiger partial charge in [-0.05, 0) is 31.5 Å². The number of anilines is 1. The molecule has 112 valence electrons. The first kappa shape index (κ1) is 15.3. The maximum absolute atomic E-state index is 11.6.